The highest BCUT2D eigenvalue weighted by molar-refractivity contribution is 6.35. The molecule has 2 aromatic rings. The maximum Gasteiger partial charge on any atom is 0.260 e. The Bertz CT molecular complexity index is 708. The van der Waals surface area contributed by atoms with Crippen LogP contribution in [0.5, 0.6) is 5.75 Å². The smallest absolute Gasteiger partial charge is 0.260 e. The summed E-state index contributed by atoms with van der Waals surface area (Å²) in [7, 11) is 3.97. The number of hydrogen-bond donors (Lipinski definition) is 1. The van der Waals surface area contributed by atoms with Crippen molar-refractivity contribution in [3.8, 4) is 5.75 Å². The molecule has 0 radical (unpaired) electrons. The van der Waals surface area contributed by atoms with Crippen LogP contribution in [0, 0.1) is 0 Å². The van der Waals surface area contributed by atoms with Gasteiger partial charge in [-0.15, -0.1) is 0 Å². The predicted molar refractivity (Wildman–Crippen MR) is 102 cm³/mol. The van der Waals surface area contributed by atoms with Crippen molar-refractivity contribution in [3.05, 3.63) is 64.1 Å². The van der Waals surface area contributed by atoms with Crippen molar-refractivity contribution >= 4 is 29.1 Å². The first-order valence-corrected chi connectivity index (χ1v) is 8.75. The van der Waals surface area contributed by atoms with Gasteiger partial charge in [-0.1, -0.05) is 53.5 Å². The molecule has 2 aromatic carbocycles. The van der Waals surface area contributed by atoms with Crippen LogP contribution in [0.3, 0.4) is 0 Å². The van der Waals surface area contributed by atoms with Crippen LogP contribution in [0.15, 0.2) is 48.5 Å². The molecule has 0 saturated heterocycles. The number of hydrogen-bond acceptors (Lipinski definition) is 3. The summed E-state index contributed by atoms with van der Waals surface area (Å²) in [4.78, 5) is 14.4. The molecule has 6 heteroatoms. The molecule has 0 fully saturated rings. The normalized spacial score (nSPS) is 13.4. The van der Waals surface area contributed by atoms with Gasteiger partial charge in [0.1, 0.15) is 5.75 Å². The maximum absolute atomic E-state index is 12.4. The van der Waals surface area contributed by atoms with Crippen molar-refractivity contribution < 1.29 is 9.53 Å². The zero-order valence-corrected chi connectivity index (χ0v) is 16.0. The molecule has 2 rings (SSSR count). The standard InChI is InChI=1S/C19H22Cl2N2O2/c1-13(25-18-10-9-15(20)11-16(18)21)19(24)22-12-17(23(2)3)14-7-5-4-6-8-14/h4-11,13,17H,12H2,1-3H3,(H,22,24)/t13-,17+/m1/s1. The summed E-state index contributed by atoms with van der Waals surface area (Å²) in [5.41, 5.74) is 1.14. The van der Waals surface area contributed by atoms with Crippen LogP contribution in [0.1, 0.15) is 18.5 Å². The lowest BCUT2D eigenvalue weighted by Gasteiger charge is -2.26. The van der Waals surface area contributed by atoms with E-state index >= 15 is 0 Å². The van der Waals surface area contributed by atoms with Gasteiger partial charge in [0, 0.05) is 11.6 Å². The van der Waals surface area contributed by atoms with Gasteiger partial charge in [0.2, 0.25) is 0 Å². The first kappa shape index (κ1) is 19.6. The monoisotopic (exact) mass is 380 g/mol. The Morgan fingerprint density at radius 3 is 2.44 bits per heavy atom. The molecule has 0 bridgehead atoms. The molecule has 4 nitrogen and oxygen atoms in total. The molecular weight excluding hydrogens is 359 g/mol. The van der Waals surface area contributed by atoms with Crippen LogP contribution in [0.2, 0.25) is 10.0 Å². The van der Waals surface area contributed by atoms with Crippen molar-refractivity contribution in [2.45, 2.75) is 19.1 Å². The van der Waals surface area contributed by atoms with E-state index in [1.807, 2.05) is 44.4 Å². The molecule has 0 unspecified atom stereocenters. The zero-order chi connectivity index (χ0) is 18.4. The molecule has 0 spiro atoms. The van der Waals surface area contributed by atoms with Crippen LogP contribution < -0.4 is 10.1 Å². The fraction of sp³-hybridized carbons (Fsp3) is 0.316. The zero-order valence-electron chi connectivity index (χ0n) is 14.5. The summed E-state index contributed by atoms with van der Waals surface area (Å²) in [6.45, 7) is 2.17. The van der Waals surface area contributed by atoms with Crippen molar-refractivity contribution in [3.63, 3.8) is 0 Å². The molecule has 0 aliphatic heterocycles. The quantitative estimate of drug-likeness (QED) is 0.783. The van der Waals surface area contributed by atoms with Gasteiger partial charge < -0.3 is 15.0 Å². The Morgan fingerprint density at radius 1 is 1.16 bits per heavy atom. The van der Waals surface area contributed by atoms with Crippen LogP contribution in [0.25, 0.3) is 0 Å². The van der Waals surface area contributed by atoms with Crippen LogP contribution in [-0.2, 0) is 4.79 Å². The minimum Gasteiger partial charge on any atom is -0.479 e. The topological polar surface area (TPSA) is 41.6 Å². The van der Waals surface area contributed by atoms with E-state index in [0.717, 1.165) is 5.56 Å². The molecular formula is C19H22Cl2N2O2. The minimum absolute atomic E-state index is 0.0801. The summed E-state index contributed by atoms with van der Waals surface area (Å²) in [6.07, 6.45) is -0.669. The second-order valence-electron chi connectivity index (χ2n) is 5.97. The van der Waals surface area contributed by atoms with Gasteiger partial charge >= 0.3 is 0 Å². The SMILES string of the molecule is C[C@@H](Oc1ccc(Cl)cc1Cl)C(=O)NC[C@@H](c1ccccc1)N(C)C. The lowest BCUT2D eigenvalue weighted by Crippen LogP contribution is -2.41. The molecule has 0 saturated carbocycles. The number of rotatable bonds is 7. The fourth-order valence-electron chi connectivity index (χ4n) is 2.43. The third-order valence-corrected chi connectivity index (χ3v) is 4.37. The average molecular weight is 381 g/mol. The predicted octanol–water partition coefficient (Wildman–Crippen LogP) is 4.18. The number of amides is 1. The van der Waals surface area contributed by atoms with Gasteiger partial charge in [-0.2, -0.15) is 0 Å². The van der Waals surface area contributed by atoms with Gasteiger partial charge in [-0.05, 0) is 44.8 Å². The van der Waals surface area contributed by atoms with Gasteiger partial charge in [0.15, 0.2) is 6.10 Å². The van der Waals surface area contributed by atoms with Crippen LogP contribution >= 0.6 is 23.2 Å². The number of nitrogens with zero attached hydrogens (tertiary/aromatic N) is 1. The highest BCUT2D eigenvalue weighted by atomic mass is 35.5. The number of benzene rings is 2. The number of carbonyl (C=O) groups is 1. The molecule has 2 atom stereocenters. The van der Waals surface area contributed by atoms with E-state index in [2.05, 4.69) is 10.2 Å². The molecule has 0 aliphatic carbocycles. The Balaban J connectivity index is 1.96. The van der Waals surface area contributed by atoms with E-state index in [9.17, 15) is 4.79 Å². The summed E-state index contributed by atoms with van der Waals surface area (Å²) in [5.74, 6) is 0.231. The van der Waals surface area contributed by atoms with E-state index in [4.69, 9.17) is 27.9 Å². The summed E-state index contributed by atoms with van der Waals surface area (Å²) >= 11 is 11.9. The molecule has 1 N–H and O–H groups in total. The van der Waals surface area contributed by atoms with E-state index in [-0.39, 0.29) is 11.9 Å². The van der Waals surface area contributed by atoms with Crippen molar-refractivity contribution in [1.82, 2.24) is 10.2 Å². The third kappa shape index (κ3) is 5.63. The van der Waals surface area contributed by atoms with E-state index < -0.39 is 6.10 Å². The second kappa shape index (κ2) is 9.09. The second-order valence-corrected chi connectivity index (χ2v) is 6.81. The average Bonchev–Trinajstić information content (AvgIpc) is 2.58. The first-order chi connectivity index (χ1) is 11.9. The number of halogens is 2. The van der Waals surface area contributed by atoms with Gasteiger partial charge in [0.05, 0.1) is 11.1 Å². The summed E-state index contributed by atoms with van der Waals surface area (Å²) < 4.78 is 5.64. The van der Waals surface area contributed by atoms with Crippen molar-refractivity contribution in [2.24, 2.45) is 0 Å². The number of carbonyl (C=O) groups excluding carboxylic acids is 1. The Morgan fingerprint density at radius 2 is 1.84 bits per heavy atom. The lowest BCUT2D eigenvalue weighted by molar-refractivity contribution is -0.127. The van der Waals surface area contributed by atoms with Crippen molar-refractivity contribution in [1.29, 1.82) is 0 Å². The molecule has 0 aliphatic rings. The molecule has 134 valence electrons. The van der Waals surface area contributed by atoms with E-state index in [1.165, 1.54) is 0 Å². The van der Waals surface area contributed by atoms with Crippen LogP contribution in [0.4, 0.5) is 0 Å². The Hall–Kier alpha value is -1.75. The number of nitrogens with one attached hydrogen (secondary N) is 1. The summed E-state index contributed by atoms with van der Waals surface area (Å²) in [5, 5.41) is 3.84. The number of ether oxygens (including phenoxy) is 1. The molecule has 1 amide bonds. The molecule has 0 heterocycles. The molecule has 25 heavy (non-hydrogen) atoms. The minimum atomic E-state index is -0.669. The molecule has 0 aromatic heterocycles. The number of likely N-dealkylation sites (N-methyl/N-ethyl adjacent to an activating group) is 1. The van der Waals surface area contributed by atoms with Crippen molar-refractivity contribution in [2.75, 3.05) is 20.6 Å². The fourth-order valence-corrected chi connectivity index (χ4v) is 2.88. The Kier molecular flexibility index (Phi) is 7.12. The first-order valence-electron chi connectivity index (χ1n) is 7.99. The van der Waals surface area contributed by atoms with Gasteiger partial charge in [-0.3, -0.25) is 4.79 Å². The lowest BCUT2D eigenvalue weighted by atomic mass is 10.1. The van der Waals surface area contributed by atoms with Gasteiger partial charge in [0.25, 0.3) is 5.91 Å². The maximum atomic E-state index is 12.4. The largest absolute Gasteiger partial charge is 0.479 e. The van der Waals surface area contributed by atoms with Crippen LogP contribution in [-0.4, -0.2) is 37.6 Å². The Labute approximate surface area is 158 Å². The highest BCUT2D eigenvalue weighted by Crippen LogP contribution is 2.28. The van der Waals surface area contributed by atoms with E-state index in [1.54, 1.807) is 25.1 Å². The van der Waals surface area contributed by atoms with Gasteiger partial charge in [-0.25, -0.2) is 0 Å². The van der Waals surface area contributed by atoms with E-state index in [0.29, 0.717) is 22.3 Å². The highest BCUT2D eigenvalue weighted by Gasteiger charge is 2.19. The summed E-state index contributed by atoms with van der Waals surface area (Å²) in [6, 6.07) is 15.0. The third-order valence-electron chi connectivity index (χ3n) is 3.84.